The van der Waals surface area contributed by atoms with Crippen LogP contribution in [0.4, 0.5) is 5.95 Å². The fraction of sp³-hybridized carbons (Fsp3) is 0.500. The number of anilines is 1. The molecule has 0 amide bonds. The van der Waals surface area contributed by atoms with Crippen LogP contribution in [0.1, 0.15) is 31.6 Å². The fourth-order valence-electron chi connectivity index (χ4n) is 2.21. The lowest BCUT2D eigenvalue weighted by atomic mass is 10.3. The molecule has 1 aliphatic heterocycles. The third kappa shape index (κ3) is 2.28. The molecule has 2 aromatic rings. The molecule has 0 unspecified atom stereocenters. The van der Waals surface area contributed by atoms with Crippen LogP contribution in [-0.4, -0.2) is 37.8 Å². The van der Waals surface area contributed by atoms with E-state index >= 15 is 0 Å². The second kappa shape index (κ2) is 4.93. The number of hydrogen-bond donors (Lipinski definition) is 1. The molecule has 1 aliphatic rings. The first-order valence-corrected chi connectivity index (χ1v) is 6.50. The van der Waals surface area contributed by atoms with E-state index in [2.05, 4.69) is 25.0 Å². The third-order valence-corrected chi connectivity index (χ3v) is 3.16. The first-order valence-electron chi connectivity index (χ1n) is 6.50. The SMILES string of the molecule is C[C@H](N)c1nc(N2CCCC2)nn1-c1ncccn1. The second-order valence-electron chi connectivity index (χ2n) is 4.71. The van der Waals surface area contributed by atoms with Crippen molar-refractivity contribution in [2.45, 2.75) is 25.8 Å². The molecule has 2 aromatic heterocycles. The highest BCUT2D eigenvalue weighted by molar-refractivity contribution is 5.33. The first kappa shape index (κ1) is 12.0. The summed E-state index contributed by atoms with van der Waals surface area (Å²) < 4.78 is 1.64. The Morgan fingerprint density at radius 3 is 2.47 bits per heavy atom. The molecule has 0 saturated carbocycles. The quantitative estimate of drug-likeness (QED) is 0.872. The van der Waals surface area contributed by atoms with Gasteiger partial charge in [0.2, 0.25) is 5.95 Å². The molecular formula is C12H17N7. The van der Waals surface area contributed by atoms with Gasteiger partial charge in [-0.2, -0.15) is 9.67 Å². The van der Waals surface area contributed by atoms with E-state index in [0.29, 0.717) is 11.8 Å². The van der Waals surface area contributed by atoms with E-state index in [-0.39, 0.29) is 6.04 Å². The molecule has 3 rings (SSSR count). The summed E-state index contributed by atoms with van der Waals surface area (Å²) in [5, 5.41) is 4.51. The lowest BCUT2D eigenvalue weighted by molar-refractivity contribution is 0.668. The molecule has 0 aromatic carbocycles. The monoisotopic (exact) mass is 259 g/mol. The Labute approximate surface area is 111 Å². The van der Waals surface area contributed by atoms with Crippen LogP contribution in [0.5, 0.6) is 0 Å². The topological polar surface area (TPSA) is 85.8 Å². The summed E-state index contributed by atoms with van der Waals surface area (Å²) in [5.74, 6) is 1.91. The lowest BCUT2D eigenvalue weighted by Gasteiger charge is -2.10. The summed E-state index contributed by atoms with van der Waals surface area (Å²) in [6, 6.07) is 1.56. The zero-order chi connectivity index (χ0) is 13.2. The summed E-state index contributed by atoms with van der Waals surface area (Å²) in [7, 11) is 0. The van der Waals surface area contributed by atoms with E-state index < -0.39 is 0 Å². The van der Waals surface area contributed by atoms with Gasteiger partial charge in [-0.3, -0.25) is 0 Å². The predicted molar refractivity (Wildman–Crippen MR) is 71.0 cm³/mol. The van der Waals surface area contributed by atoms with Crippen molar-refractivity contribution in [2.24, 2.45) is 5.73 Å². The van der Waals surface area contributed by atoms with Crippen molar-refractivity contribution in [1.82, 2.24) is 24.7 Å². The van der Waals surface area contributed by atoms with Crippen LogP contribution < -0.4 is 10.6 Å². The van der Waals surface area contributed by atoms with Gasteiger partial charge >= 0.3 is 0 Å². The Balaban J connectivity index is 2.02. The molecule has 2 N–H and O–H groups in total. The average molecular weight is 259 g/mol. The van der Waals surface area contributed by atoms with Gasteiger partial charge in [0.15, 0.2) is 5.82 Å². The molecule has 1 fully saturated rings. The smallest absolute Gasteiger partial charge is 0.252 e. The molecule has 100 valence electrons. The van der Waals surface area contributed by atoms with Crippen LogP contribution in [0.25, 0.3) is 5.95 Å². The van der Waals surface area contributed by atoms with Gasteiger partial charge in [0, 0.05) is 25.5 Å². The predicted octanol–water partition coefficient (Wildman–Crippen LogP) is 0.677. The van der Waals surface area contributed by atoms with Gasteiger partial charge in [-0.1, -0.05) is 0 Å². The van der Waals surface area contributed by atoms with Crippen LogP contribution in [0.2, 0.25) is 0 Å². The maximum atomic E-state index is 5.97. The van der Waals surface area contributed by atoms with Gasteiger partial charge < -0.3 is 10.6 Å². The minimum Gasteiger partial charge on any atom is -0.340 e. The fourth-order valence-corrected chi connectivity index (χ4v) is 2.21. The largest absolute Gasteiger partial charge is 0.340 e. The Hall–Kier alpha value is -2.02. The van der Waals surface area contributed by atoms with Gasteiger partial charge in [0.25, 0.3) is 5.95 Å². The Morgan fingerprint density at radius 2 is 1.84 bits per heavy atom. The number of aromatic nitrogens is 5. The maximum absolute atomic E-state index is 5.97. The molecule has 1 atom stereocenters. The molecule has 3 heterocycles. The molecule has 0 spiro atoms. The zero-order valence-electron chi connectivity index (χ0n) is 10.9. The van der Waals surface area contributed by atoms with E-state index in [9.17, 15) is 0 Å². The highest BCUT2D eigenvalue weighted by atomic mass is 15.5. The second-order valence-corrected chi connectivity index (χ2v) is 4.71. The summed E-state index contributed by atoms with van der Waals surface area (Å²) in [6.07, 6.45) is 5.74. The minimum absolute atomic E-state index is 0.215. The number of rotatable bonds is 3. The van der Waals surface area contributed by atoms with Crippen molar-refractivity contribution in [3.05, 3.63) is 24.3 Å². The van der Waals surface area contributed by atoms with E-state index in [1.807, 2.05) is 6.92 Å². The van der Waals surface area contributed by atoms with E-state index in [4.69, 9.17) is 5.73 Å². The normalized spacial score (nSPS) is 16.8. The molecule has 0 radical (unpaired) electrons. The van der Waals surface area contributed by atoms with Crippen LogP contribution in [0.3, 0.4) is 0 Å². The average Bonchev–Trinajstić information content (AvgIpc) is 3.08. The third-order valence-electron chi connectivity index (χ3n) is 3.16. The lowest BCUT2D eigenvalue weighted by Crippen LogP contribution is -2.19. The molecule has 7 heteroatoms. The van der Waals surface area contributed by atoms with Crippen LogP contribution in [0.15, 0.2) is 18.5 Å². The molecule has 0 aliphatic carbocycles. The van der Waals surface area contributed by atoms with Crippen molar-refractivity contribution in [3.63, 3.8) is 0 Å². The van der Waals surface area contributed by atoms with Gasteiger partial charge in [-0.05, 0) is 25.8 Å². The number of nitrogens with zero attached hydrogens (tertiary/aromatic N) is 6. The van der Waals surface area contributed by atoms with Gasteiger partial charge in [-0.25, -0.2) is 9.97 Å². The molecule has 7 nitrogen and oxygen atoms in total. The van der Waals surface area contributed by atoms with E-state index in [0.717, 1.165) is 19.0 Å². The number of nitrogens with two attached hydrogens (primary N) is 1. The van der Waals surface area contributed by atoms with Crippen LogP contribution >= 0.6 is 0 Å². The standard InChI is InChI=1S/C12H17N7/c1-9(13)10-16-12(18-7-2-3-8-18)17-19(10)11-14-5-4-6-15-11/h4-6,9H,2-3,7-8,13H2,1H3/t9-/m0/s1. The van der Waals surface area contributed by atoms with E-state index in [1.165, 1.54) is 12.8 Å². The van der Waals surface area contributed by atoms with Crippen molar-refractivity contribution in [2.75, 3.05) is 18.0 Å². The van der Waals surface area contributed by atoms with Crippen molar-refractivity contribution < 1.29 is 0 Å². The minimum atomic E-state index is -0.215. The Kier molecular flexibility index (Phi) is 3.12. The summed E-state index contributed by atoms with van der Waals surface area (Å²) in [4.78, 5) is 15.1. The Bertz CT molecular complexity index is 542. The Morgan fingerprint density at radius 1 is 1.16 bits per heavy atom. The van der Waals surface area contributed by atoms with Crippen LogP contribution in [-0.2, 0) is 0 Å². The van der Waals surface area contributed by atoms with Gasteiger partial charge in [-0.15, -0.1) is 5.10 Å². The number of hydrogen-bond acceptors (Lipinski definition) is 6. The van der Waals surface area contributed by atoms with E-state index in [1.54, 1.807) is 23.1 Å². The maximum Gasteiger partial charge on any atom is 0.252 e. The van der Waals surface area contributed by atoms with Gasteiger partial charge in [0.05, 0.1) is 6.04 Å². The first-order chi connectivity index (χ1) is 9.25. The highest BCUT2D eigenvalue weighted by Crippen LogP contribution is 2.20. The van der Waals surface area contributed by atoms with Crippen molar-refractivity contribution in [3.8, 4) is 5.95 Å². The van der Waals surface area contributed by atoms with Crippen molar-refractivity contribution in [1.29, 1.82) is 0 Å². The molecule has 0 bridgehead atoms. The summed E-state index contributed by atoms with van der Waals surface area (Å²) in [5.41, 5.74) is 5.97. The summed E-state index contributed by atoms with van der Waals surface area (Å²) >= 11 is 0. The highest BCUT2D eigenvalue weighted by Gasteiger charge is 2.22. The molecule has 19 heavy (non-hydrogen) atoms. The van der Waals surface area contributed by atoms with Crippen LogP contribution in [0, 0.1) is 0 Å². The molecule has 1 saturated heterocycles. The zero-order valence-corrected chi connectivity index (χ0v) is 10.9. The van der Waals surface area contributed by atoms with Gasteiger partial charge in [0.1, 0.15) is 0 Å². The summed E-state index contributed by atoms with van der Waals surface area (Å²) in [6.45, 7) is 3.88. The van der Waals surface area contributed by atoms with Crippen molar-refractivity contribution >= 4 is 5.95 Å². The molecular weight excluding hydrogens is 242 g/mol.